The molecule has 8 heteroatoms. The molecule has 0 aromatic rings. The van der Waals surface area contributed by atoms with Crippen LogP contribution in [0.1, 0.15) is 33.1 Å². The second kappa shape index (κ2) is 5.65. The first-order chi connectivity index (χ1) is 7.88. The van der Waals surface area contributed by atoms with Crippen LogP contribution in [0.25, 0.3) is 0 Å². The Morgan fingerprint density at radius 1 is 1.12 bits per heavy atom. The zero-order valence-corrected chi connectivity index (χ0v) is 9.77. The van der Waals surface area contributed by atoms with E-state index in [1.54, 1.807) is 0 Å². The fourth-order valence-electron chi connectivity index (χ4n) is 2.36. The van der Waals surface area contributed by atoms with E-state index in [1.807, 2.05) is 13.8 Å². The van der Waals surface area contributed by atoms with Crippen molar-refractivity contribution in [2.75, 3.05) is 0 Å². The molecule has 1 saturated carbocycles. The summed E-state index contributed by atoms with van der Waals surface area (Å²) in [5.74, 6) is 0.607. The van der Waals surface area contributed by atoms with Crippen molar-refractivity contribution in [1.29, 1.82) is 0 Å². The maximum absolute atomic E-state index is 10.3. The molecule has 0 spiro atoms. The Balaban J connectivity index is 2.58. The number of rotatable bonds is 6. The summed E-state index contributed by atoms with van der Waals surface area (Å²) in [6.07, 6.45) is 0.0445. The zero-order chi connectivity index (χ0) is 13.0. The number of hydrogen-bond acceptors (Lipinski definition) is 6. The highest BCUT2D eigenvalue weighted by atomic mass is 17.0. The van der Waals surface area contributed by atoms with Gasteiger partial charge in [0.15, 0.2) is 0 Å². The van der Waals surface area contributed by atoms with Crippen molar-refractivity contribution in [2.24, 2.45) is 11.8 Å². The summed E-state index contributed by atoms with van der Waals surface area (Å²) in [5.41, 5.74) is 0. The lowest BCUT2D eigenvalue weighted by Gasteiger charge is -2.14. The Labute approximate surface area is 98.1 Å². The van der Waals surface area contributed by atoms with E-state index in [2.05, 4.69) is 9.68 Å². The lowest BCUT2D eigenvalue weighted by atomic mass is 9.96. The van der Waals surface area contributed by atoms with E-state index in [1.165, 1.54) is 0 Å². The smallest absolute Gasteiger partial charge is 0.294 e. The Morgan fingerprint density at radius 2 is 1.53 bits per heavy atom. The summed E-state index contributed by atoms with van der Waals surface area (Å²) >= 11 is 0. The third-order valence-corrected chi connectivity index (χ3v) is 2.79. The van der Waals surface area contributed by atoms with Gasteiger partial charge >= 0.3 is 0 Å². The highest BCUT2D eigenvalue weighted by Gasteiger charge is 2.39. The fraction of sp³-hybridized carbons (Fsp3) is 1.00. The largest absolute Gasteiger partial charge is 0.308 e. The van der Waals surface area contributed by atoms with Crippen LogP contribution in [-0.2, 0) is 9.68 Å². The van der Waals surface area contributed by atoms with Gasteiger partial charge in [-0.1, -0.05) is 13.8 Å². The minimum atomic E-state index is -0.918. The molecule has 8 nitrogen and oxygen atoms in total. The van der Waals surface area contributed by atoms with Crippen molar-refractivity contribution >= 4 is 0 Å². The topological polar surface area (TPSA) is 105 Å². The number of hydrogen-bond donors (Lipinski definition) is 0. The fourth-order valence-corrected chi connectivity index (χ4v) is 2.36. The van der Waals surface area contributed by atoms with E-state index in [0.29, 0.717) is 18.8 Å². The normalized spacial score (nSPS) is 28.1. The monoisotopic (exact) mass is 248 g/mol. The molecule has 0 bridgehead atoms. The Hall–Kier alpha value is -1.60. The molecule has 98 valence electrons. The quantitative estimate of drug-likeness (QED) is 0.522. The molecule has 0 N–H and O–H groups in total. The van der Waals surface area contributed by atoms with Gasteiger partial charge in [0, 0.05) is 0 Å². The first kappa shape index (κ1) is 13.5. The molecule has 3 atom stereocenters. The summed E-state index contributed by atoms with van der Waals surface area (Å²) in [6.45, 7) is 4.07. The van der Waals surface area contributed by atoms with E-state index in [9.17, 15) is 20.2 Å². The lowest BCUT2D eigenvalue weighted by molar-refractivity contribution is -0.797. The molecule has 1 aliphatic rings. The third kappa shape index (κ3) is 4.41. The van der Waals surface area contributed by atoms with Crippen molar-refractivity contribution < 1.29 is 19.8 Å². The minimum absolute atomic E-state index is 0.171. The van der Waals surface area contributed by atoms with Gasteiger partial charge in [0.2, 0.25) is 0 Å². The Kier molecular flexibility index (Phi) is 4.47. The molecular formula is C9H16N2O6. The standard InChI is InChI=1S/C9H16N2O6/c1-6(2)3-7-4-8(16-10(12)13)9(5-7)17-11(14)15/h6-9H,3-5H2,1-2H3/t7-,8+,9-. The van der Waals surface area contributed by atoms with E-state index >= 15 is 0 Å². The van der Waals surface area contributed by atoms with Crippen LogP contribution in [0.3, 0.4) is 0 Å². The van der Waals surface area contributed by atoms with Crippen LogP contribution >= 0.6 is 0 Å². The highest BCUT2D eigenvalue weighted by molar-refractivity contribution is 4.84. The predicted molar refractivity (Wildman–Crippen MR) is 55.9 cm³/mol. The maximum atomic E-state index is 10.3. The summed E-state index contributed by atoms with van der Waals surface area (Å²) < 4.78 is 0. The van der Waals surface area contributed by atoms with Crippen molar-refractivity contribution in [3.05, 3.63) is 20.2 Å². The molecule has 0 aliphatic heterocycles. The SMILES string of the molecule is CC(C)C[C@@H]1C[C@H](O[N+](=O)[O-])[C@H](O[N+](=O)[O-])C1. The van der Waals surface area contributed by atoms with Gasteiger partial charge in [-0.3, -0.25) is 0 Å². The van der Waals surface area contributed by atoms with Crippen LogP contribution in [0, 0.1) is 32.1 Å². The molecule has 1 rings (SSSR count). The molecule has 0 unspecified atom stereocenters. The molecule has 0 radical (unpaired) electrons. The summed E-state index contributed by atoms with van der Waals surface area (Å²) in [6, 6.07) is 0. The summed E-state index contributed by atoms with van der Waals surface area (Å²) in [7, 11) is 0. The van der Waals surface area contributed by atoms with Crippen molar-refractivity contribution in [2.45, 2.75) is 45.3 Å². The average Bonchev–Trinajstić information content (AvgIpc) is 2.44. The number of nitrogens with zero attached hydrogens (tertiary/aromatic N) is 2. The molecule has 0 saturated heterocycles. The van der Waals surface area contributed by atoms with Gasteiger partial charge in [-0.05, 0) is 31.1 Å². The van der Waals surface area contributed by atoms with Gasteiger partial charge in [0.05, 0.1) is 0 Å². The van der Waals surface area contributed by atoms with Crippen LogP contribution in [0.5, 0.6) is 0 Å². The van der Waals surface area contributed by atoms with Crippen LogP contribution in [0.4, 0.5) is 0 Å². The predicted octanol–water partition coefficient (Wildman–Crippen LogP) is 1.60. The molecule has 1 aliphatic carbocycles. The van der Waals surface area contributed by atoms with Crippen molar-refractivity contribution in [3.8, 4) is 0 Å². The van der Waals surface area contributed by atoms with E-state index in [4.69, 9.17) is 0 Å². The second-order valence-corrected chi connectivity index (χ2v) is 4.70. The third-order valence-electron chi connectivity index (χ3n) is 2.79. The maximum Gasteiger partial charge on any atom is 0.294 e. The molecule has 0 aromatic carbocycles. The summed E-state index contributed by atoms with van der Waals surface area (Å²) in [5, 5.41) is 18.7. The minimum Gasteiger partial charge on any atom is -0.308 e. The molecule has 0 amide bonds. The summed E-state index contributed by atoms with van der Waals surface area (Å²) in [4.78, 5) is 29.4. The van der Waals surface area contributed by atoms with Crippen LogP contribution in [0.2, 0.25) is 0 Å². The van der Waals surface area contributed by atoms with Crippen molar-refractivity contribution in [3.63, 3.8) is 0 Å². The van der Waals surface area contributed by atoms with Gasteiger partial charge in [0.25, 0.3) is 10.2 Å². The first-order valence-corrected chi connectivity index (χ1v) is 5.50. The highest BCUT2D eigenvalue weighted by Crippen LogP contribution is 2.34. The van der Waals surface area contributed by atoms with Crippen LogP contribution in [-0.4, -0.2) is 22.4 Å². The van der Waals surface area contributed by atoms with Crippen LogP contribution in [0.15, 0.2) is 0 Å². The molecule has 17 heavy (non-hydrogen) atoms. The van der Waals surface area contributed by atoms with E-state index in [-0.39, 0.29) is 5.92 Å². The van der Waals surface area contributed by atoms with Gasteiger partial charge in [-0.25, -0.2) is 0 Å². The van der Waals surface area contributed by atoms with E-state index in [0.717, 1.165) is 6.42 Å². The molecule has 0 aromatic heterocycles. The van der Waals surface area contributed by atoms with E-state index < -0.39 is 22.4 Å². The Morgan fingerprint density at radius 3 is 1.82 bits per heavy atom. The first-order valence-electron chi connectivity index (χ1n) is 5.50. The van der Waals surface area contributed by atoms with Crippen molar-refractivity contribution in [1.82, 2.24) is 0 Å². The van der Waals surface area contributed by atoms with Gasteiger partial charge in [0.1, 0.15) is 12.2 Å². The molecular weight excluding hydrogens is 232 g/mol. The average molecular weight is 248 g/mol. The second-order valence-electron chi connectivity index (χ2n) is 4.70. The van der Waals surface area contributed by atoms with Crippen LogP contribution < -0.4 is 0 Å². The zero-order valence-electron chi connectivity index (χ0n) is 9.77. The van der Waals surface area contributed by atoms with Gasteiger partial charge in [-0.2, -0.15) is 0 Å². The Bertz CT molecular complexity index is 271. The van der Waals surface area contributed by atoms with Gasteiger partial charge < -0.3 is 9.68 Å². The molecule has 0 heterocycles. The van der Waals surface area contributed by atoms with Gasteiger partial charge in [-0.15, -0.1) is 20.2 Å². The molecule has 1 fully saturated rings. The lowest BCUT2D eigenvalue weighted by Crippen LogP contribution is -2.30.